The molecule has 0 saturated carbocycles. The standard InChI is InChI=1S/C22H23N5OS2/c1-14-2-7-19(29-14)20-18-10-13-24-21(18)27-22(26-20)25-15-3-5-16(6-4-15)30(28)17-8-11-23-12-9-17/h2-7,10,13,17,23H,8-9,11-12H2,1H3,(H2,24,25,26,27). The Balaban J connectivity index is 1.39. The van der Waals surface area contributed by atoms with Crippen LogP contribution in [0.5, 0.6) is 0 Å². The smallest absolute Gasteiger partial charge is 0.229 e. The van der Waals surface area contributed by atoms with Crippen molar-refractivity contribution in [2.45, 2.75) is 29.9 Å². The zero-order chi connectivity index (χ0) is 20.5. The molecule has 1 unspecified atom stereocenters. The summed E-state index contributed by atoms with van der Waals surface area (Å²) in [6.07, 6.45) is 3.81. The Morgan fingerprint density at radius 3 is 2.60 bits per heavy atom. The molecule has 4 heterocycles. The summed E-state index contributed by atoms with van der Waals surface area (Å²) in [6, 6.07) is 14.0. The largest absolute Gasteiger partial charge is 0.611 e. The number of aryl methyl sites for hydroxylation is 1. The van der Waals surface area contributed by atoms with Gasteiger partial charge in [-0.25, -0.2) is 4.98 Å². The van der Waals surface area contributed by atoms with Gasteiger partial charge >= 0.3 is 0 Å². The zero-order valence-electron chi connectivity index (χ0n) is 16.6. The highest BCUT2D eigenvalue weighted by atomic mass is 32.2. The predicted octanol–water partition coefficient (Wildman–Crippen LogP) is 4.60. The lowest BCUT2D eigenvalue weighted by Gasteiger charge is -2.25. The summed E-state index contributed by atoms with van der Waals surface area (Å²) in [5, 5.41) is 7.87. The predicted molar refractivity (Wildman–Crippen MR) is 124 cm³/mol. The molecule has 1 saturated heterocycles. The normalized spacial score (nSPS) is 16.1. The number of fused-ring (bicyclic) bond motifs is 1. The van der Waals surface area contributed by atoms with E-state index in [-0.39, 0.29) is 5.25 Å². The molecule has 3 N–H and O–H groups in total. The number of aromatic nitrogens is 3. The van der Waals surface area contributed by atoms with Crippen molar-refractivity contribution >= 4 is 45.2 Å². The minimum absolute atomic E-state index is 0.237. The molecule has 154 valence electrons. The number of hydrogen-bond donors (Lipinski definition) is 3. The Hall–Kier alpha value is -2.39. The molecule has 4 aromatic rings. The van der Waals surface area contributed by atoms with Gasteiger partial charge in [-0.3, -0.25) is 0 Å². The molecule has 0 aliphatic carbocycles. The molecule has 1 fully saturated rings. The second-order valence-corrected chi connectivity index (χ2v) is 10.5. The number of aromatic amines is 1. The van der Waals surface area contributed by atoms with E-state index in [4.69, 9.17) is 4.98 Å². The maximum atomic E-state index is 12.8. The van der Waals surface area contributed by atoms with Crippen LogP contribution in [0.4, 0.5) is 11.6 Å². The fraction of sp³-hybridized carbons (Fsp3) is 0.273. The number of anilines is 2. The fourth-order valence-electron chi connectivity index (χ4n) is 3.75. The summed E-state index contributed by atoms with van der Waals surface area (Å²) < 4.78 is 12.8. The first-order chi connectivity index (χ1) is 14.7. The van der Waals surface area contributed by atoms with E-state index in [2.05, 4.69) is 39.7 Å². The van der Waals surface area contributed by atoms with Gasteiger partial charge in [0.25, 0.3) is 0 Å². The molecule has 1 aliphatic heterocycles. The Kier molecular flexibility index (Phi) is 5.47. The van der Waals surface area contributed by atoms with Crippen LogP contribution in [-0.2, 0) is 11.2 Å². The van der Waals surface area contributed by atoms with Crippen molar-refractivity contribution < 1.29 is 4.55 Å². The molecule has 0 amide bonds. The molecule has 0 spiro atoms. The number of rotatable bonds is 5. The van der Waals surface area contributed by atoms with Crippen LogP contribution in [0.3, 0.4) is 0 Å². The lowest BCUT2D eigenvalue weighted by molar-refractivity contribution is 0.496. The number of hydrogen-bond acceptors (Lipinski definition) is 6. The molecule has 1 aliphatic rings. The Labute approximate surface area is 182 Å². The second-order valence-electron chi connectivity index (χ2n) is 7.44. The van der Waals surface area contributed by atoms with E-state index in [1.54, 1.807) is 11.3 Å². The van der Waals surface area contributed by atoms with Crippen molar-refractivity contribution in [3.8, 4) is 10.6 Å². The SMILES string of the molecule is Cc1ccc(-c2nc(Nc3ccc([S+]([O-])C4CCNCC4)cc3)nc3[nH]ccc23)s1. The molecule has 0 bridgehead atoms. The molecule has 30 heavy (non-hydrogen) atoms. The quantitative estimate of drug-likeness (QED) is 0.397. The maximum Gasteiger partial charge on any atom is 0.229 e. The molecule has 8 heteroatoms. The molecular weight excluding hydrogens is 414 g/mol. The van der Waals surface area contributed by atoms with Crippen LogP contribution in [0.25, 0.3) is 21.6 Å². The third kappa shape index (κ3) is 3.96. The van der Waals surface area contributed by atoms with Gasteiger partial charge in [0, 0.05) is 35.0 Å². The van der Waals surface area contributed by atoms with Gasteiger partial charge < -0.3 is 20.2 Å². The van der Waals surface area contributed by atoms with Gasteiger partial charge in [-0.15, -0.1) is 11.3 Å². The van der Waals surface area contributed by atoms with Gasteiger partial charge in [0.1, 0.15) is 10.9 Å². The van der Waals surface area contributed by atoms with Gasteiger partial charge in [0.05, 0.1) is 10.6 Å². The van der Waals surface area contributed by atoms with Crippen LogP contribution in [0.1, 0.15) is 17.7 Å². The van der Waals surface area contributed by atoms with Gasteiger partial charge in [-0.05, 0) is 73.7 Å². The molecule has 1 atom stereocenters. The average Bonchev–Trinajstić information content (AvgIpc) is 3.43. The minimum Gasteiger partial charge on any atom is -0.611 e. The first kappa shape index (κ1) is 19.6. The highest BCUT2D eigenvalue weighted by molar-refractivity contribution is 7.92. The Bertz CT molecular complexity index is 1150. The van der Waals surface area contributed by atoms with Crippen molar-refractivity contribution in [2.75, 3.05) is 18.4 Å². The molecule has 1 aromatic carbocycles. The van der Waals surface area contributed by atoms with E-state index in [0.717, 1.165) is 58.1 Å². The van der Waals surface area contributed by atoms with Gasteiger partial charge in [0.15, 0.2) is 4.90 Å². The van der Waals surface area contributed by atoms with Crippen LogP contribution in [-0.4, -0.2) is 37.8 Å². The number of H-pyrrole nitrogens is 1. The zero-order valence-corrected chi connectivity index (χ0v) is 18.3. The van der Waals surface area contributed by atoms with E-state index in [0.29, 0.717) is 5.95 Å². The number of nitrogens with one attached hydrogen (secondary N) is 3. The number of thiophene rings is 1. The number of nitrogens with zero attached hydrogens (tertiary/aromatic N) is 2. The third-order valence-corrected chi connectivity index (χ3v) is 8.14. The van der Waals surface area contributed by atoms with E-state index < -0.39 is 11.2 Å². The topological polar surface area (TPSA) is 88.7 Å². The van der Waals surface area contributed by atoms with Crippen LogP contribution in [0.2, 0.25) is 0 Å². The average molecular weight is 438 g/mol. The maximum absolute atomic E-state index is 12.8. The molecule has 3 aromatic heterocycles. The summed E-state index contributed by atoms with van der Waals surface area (Å²) in [6.45, 7) is 3.99. The van der Waals surface area contributed by atoms with Crippen molar-refractivity contribution in [2.24, 2.45) is 0 Å². The van der Waals surface area contributed by atoms with E-state index in [1.165, 1.54) is 4.88 Å². The number of benzene rings is 1. The third-order valence-electron chi connectivity index (χ3n) is 5.32. The first-order valence-corrected chi connectivity index (χ1v) is 12.1. The summed E-state index contributed by atoms with van der Waals surface area (Å²) in [5.41, 5.74) is 2.60. The highest BCUT2D eigenvalue weighted by Crippen LogP contribution is 2.32. The van der Waals surface area contributed by atoms with E-state index >= 15 is 0 Å². The summed E-state index contributed by atoms with van der Waals surface area (Å²) >= 11 is 0.756. The van der Waals surface area contributed by atoms with Crippen LogP contribution < -0.4 is 10.6 Å². The Morgan fingerprint density at radius 2 is 1.87 bits per heavy atom. The van der Waals surface area contributed by atoms with Gasteiger partial charge in [-0.1, -0.05) is 0 Å². The van der Waals surface area contributed by atoms with E-state index in [9.17, 15) is 4.55 Å². The van der Waals surface area contributed by atoms with Gasteiger partial charge in [0.2, 0.25) is 5.95 Å². The summed E-state index contributed by atoms with van der Waals surface area (Å²) in [7, 11) is 0. The molecule has 0 radical (unpaired) electrons. The monoisotopic (exact) mass is 437 g/mol. The van der Waals surface area contributed by atoms with Crippen molar-refractivity contribution in [3.05, 3.63) is 53.5 Å². The minimum atomic E-state index is -0.967. The highest BCUT2D eigenvalue weighted by Gasteiger charge is 2.26. The Morgan fingerprint density at radius 1 is 1.07 bits per heavy atom. The lowest BCUT2D eigenvalue weighted by Crippen LogP contribution is -2.35. The summed E-state index contributed by atoms with van der Waals surface area (Å²) in [5.74, 6) is 0.540. The fourth-order valence-corrected chi connectivity index (χ4v) is 6.07. The van der Waals surface area contributed by atoms with Crippen LogP contribution in [0.15, 0.2) is 53.6 Å². The van der Waals surface area contributed by atoms with Crippen molar-refractivity contribution in [1.29, 1.82) is 0 Å². The lowest BCUT2D eigenvalue weighted by atomic mass is 10.2. The first-order valence-electron chi connectivity index (χ1n) is 10.1. The van der Waals surface area contributed by atoms with E-state index in [1.807, 2.05) is 36.5 Å². The second kappa shape index (κ2) is 8.39. The van der Waals surface area contributed by atoms with Crippen molar-refractivity contribution in [3.63, 3.8) is 0 Å². The van der Waals surface area contributed by atoms with Crippen LogP contribution >= 0.6 is 11.3 Å². The van der Waals surface area contributed by atoms with Crippen molar-refractivity contribution in [1.82, 2.24) is 20.3 Å². The molecule has 5 rings (SSSR count). The molecule has 6 nitrogen and oxygen atoms in total. The number of piperidine rings is 1. The molecular formula is C22H23N5OS2. The van der Waals surface area contributed by atoms with Crippen LogP contribution in [0, 0.1) is 6.92 Å². The summed E-state index contributed by atoms with van der Waals surface area (Å²) in [4.78, 5) is 15.8. The van der Waals surface area contributed by atoms with Gasteiger partial charge in [-0.2, -0.15) is 4.98 Å².